The van der Waals surface area contributed by atoms with Gasteiger partial charge in [0.2, 0.25) is 4.96 Å². The maximum atomic E-state index is 6.08. The van der Waals surface area contributed by atoms with Gasteiger partial charge in [0, 0.05) is 22.7 Å². The number of fused-ring (bicyclic) bond motifs is 1. The second kappa shape index (κ2) is 4.70. The van der Waals surface area contributed by atoms with Crippen LogP contribution in [0.3, 0.4) is 0 Å². The Bertz CT molecular complexity index is 799. The lowest BCUT2D eigenvalue weighted by atomic mass is 9.96. The Kier molecular flexibility index (Phi) is 3.09. The van der Waals surface area contributed by atoms with E-state index in [9.17, 15) is 0 Å². The average Bonchev–Trinajstić information content (AvgIpc) is 2.96. The first kappa shape index (κ1) is 13.8. The number of rotatable bonds is 2. The van der Waals surface area contributed by atoms with E-state index in [-0.39, 0.29) is 5.41 Å². The van der Waals surface area contributed by atoms with Crippen LogP contribution in [0.25, 0.3) is 15.5 Å². The number of nitrogens with zero attached hydrogens (tertiary/aromatic N) is 4. The SMILES string of the molecule is COc1ccc(-c2nn3c(C(C)(C)C)nnc3s2)c(N)c1. The highest BCUT2D eigenvalue weighted by atomic mass is 32.1. The minimum atomic E-state index is -0.115. The summed E-state index contributed by atoms with van der Waals surface area (Å²) in [6, 6.07) is 5.58. The first-order valence-electron chi connectivity index (χ1n) is 6.57. The standard InChI is InChI=1S/C14H17N5OS/c1-14(2,3)12-16-17-13-19(12)18-11(21-13)9-6-5-8(20-4)7-10(9)15/h5-7H,15H2,1-4H3. The Balaban J connectivity index is 2.12. The number of hydrogen-bond acceptors (Lipinski definition) is 6. The second-order valence-electron chi connectivity index (χ2n) is 5.83. The van der Waals surface area contributed by atoms with Gasteiger partial charge in [-0.1, -0.05) is 32.1 Å². The number of aromatic nitrogens is 4. The van der Waals surface area contributed by atoms with Crippen LogP contribution in [0.2, 0.25) is 0 Å². The molecule has 0 saturated heterocycles. The second-order valence-corrected chi connectivity index (χ2v) is 6.78. The van der Waals surface area contributed by atoms with E-state index in [1.165, 1.54) is 11.3 Å². The summed E-state index contributed by atoms with van der Waals surface area (Å²) in [5.74, 6) is 1.57. The lowest BCUT2D eigenvalue weighted by molar-refractivity contribution is 0.415. The fourth-order valence-electron chi connectivity index (χ4n) is 2.06. The summed E-state index contributed by atoms with van der Waals surface area (Å²) < 4.78 is 6.96. The fourth-order valence-corrected chi connectivity index (χ4v) is 2.94. The van der Waals surface area contributed by atoms with Crippen molar-refractivity contribution in [1.82, 2.24) is 19.8 Å². The van der Waals surface area contributed by atoms with E-state index >= 15 is 0 Å². The van der Waals surface area contributed by atoms with Gasteiger partial charge in [0.1, 0.15) is 10.8 Å². The summed E-state index contributed by atoms with van der Waals surface area (Å²) in [4.78, 5) is 0.769. The van der Waals surface area contributed by atoms with Gasteiger partial charge in [0.25, 0.3) is 0 Å². The molecule has 2 N–H and O–H groups in total. The highest BCUT2D eigenvalue weighted by Crippen LogP contribution is 2.33. The normalized spacial score (nSPS) is 12.0. The summed E-state index contributed by atoms with van der Waals surface area (Å²) in [5.41, 5.74) is 7.49. The van der Waals surface area contributed by atoms with E-state index in [0.29, 0.717) is 5.69 Å². The summed E-state index contributed by atoms with van der Waals surface area (Å²) >= 11 is 1.47. The van der Waals surface area contributed by atoms with Crippen molar-refractivity contribution in [2.45, 2.75) is 26.2 Å². The van der Waals surface area contributed by atoms with Crippen molar-refractivity contribution in [2.75, 3.05) is 12.8 Å². The van der Waals surface area contributed by atoms with Crippen molar-refractivity contribution < 1.29 is 4.74 Å². The predicted molar refractivity (Wildman–Crippen MR) is 83.8 cm³/mol. The third kappa shape index (κ3) is 2.33. The molecule has 0 aliphatic rings. The van der Waals surface area contributed by atoms with Gasteiger partial charge in [0.15, 0.2) is 5.82 Å². The number of nitrogen functional groups attached to an aromatic ring is 1. The topological polar surface area (TPSA) is 78.3 Å². The van der Waals surface area contributed by atoms with Crippen LogP contribution < -0.4 is 10.5 Å². The van der Waals surface area contributed by atoms with Gasteiger partial charge in [-0.15, -0.1) is 10.2 Å². The van der Waals surface area contributed by atoms with Crippen molar-refractivity contribution >= 4 is 22.0 Å². The molecule has 3 rings (SSSR count). The molecule has 0 amide bonds. The highest BCUT2D eigenvalue weighted by Gasteiger charge is 2.23. The van der Waals surface area contributed by atoms with Crippen molar-refractivity contribution in [3.05, 3.63) is 24.0 Å². The number of hydrogen-bond donors (Lipinski definition) is 1. The highest BCUT2D eigenvalue weighted by molar-refractivity contribution is 7.19. The quantitative estimate of drug-likeness (QED) is 0.736. The zero-order chi connectivity index (χ0) is 15.2. The molecule has 6 nitrogen and oxygen atoms in total. The Labute approximate surface area is 126 Å². The van der Waals surface area contributed by atoms with Crippen LogP contribution in [0.5, 0.6) is 5.75 Å². The number of benzene rings is 1. The smallest absolute Gasteiger partial charge is 0.235 e. The summed E-state index contributed by atoms with van der Waals surface area (Å²) in [7, 11) is 1.62. The molecule has 2 aromatic heterocycles. The first-order chi connectivity index (χ1) is 9.90. The third-order valence-corrected chi connectivity index (χ3v) is 4.08. The predicted octanol–water partition coefficient (Wildman–Crippen LogP) is 2.74. The van der Waals surface area contributed by atoms with Crippen LogP contribution in [-0.4, -0.2) is 26.9 Å². The zero-order valence-electron chi connectivity index (χ0n) is 12.4. The van der Waals surface area contributed by atoms with Crippen LogP contribution >= 0.6 is 11.3 Å². The molecule has 110 valence electrons. The van der Waals surface area contributed by atoms with Crippen molar-refractivity contribution in [2.24, 2.45) is 0 Å². The largest absolute Gasteiger partial charge is 0.497 e. The van der Waals surface area contributed by atoms with Crippen LogP contribution in [-0.2, 0) is 5.41 Å². The lowest BCUT2D eigenvalue weighted by Crippen LogP contribution is -2.16. The van der Waals surface area contributed by atoms with Crippen molar-refractivity contribution in [3.8, 4) is 16.3 Å². The Hall–Kier alpha value is -2.15. The molecule has 7 heteroatoms. The van der Waals surface area contributed by atoms with Crippen molar-refractivity contribution in [3.63, 3.8) is 0 Å². The monoisotopic (exact) mass is 303 g/mol. The Morgan fingerprint density at radius 1 is 1.24 bits per heavy atom. The van der Waals surface area contributed by atoms with Crippen molar-refractivity contribution in [1.29, 1.82) is 0 Å². The van der Waals surface area contributed by atoms with E-state index in [1.807, 2.05) is 12.1 Å². The molecule has 0 radical (unpaired) electrons. The molecule has 0 bridgehead atoms. The van der Waals surface area contributed by atoms with Gasteiger partial charge in [-0.3, -0.25) is 0 Å². The van der Waals surface area contributed by atoms with E-state index in [4.69, 9.17) is 10.5 Å². The molecule has 0 saturated carbocycles. The molecule has 0 aliphatic heterocycles. The summed E-state index contributed by atoms with van der Waals surface area (Å²) in [6.45, 7) is 6.26. The zero-order valence-corrected chi connectivity index (χ0v) is 13.2. The molecule has 2 heterocycles. The molecular weight excluding hydrogens is 286 g/mol. The van der Waals surface area contributed by atoms with Crippen LogP contribution in [0.4, 0.5) is 5.69 Å². The molecule has 0 atom stereocenters. The van der Waals surface area contributed by atoms with Gasteiger partial charge in [-0.2, -0.15) is 9.61 Å². The molecule has 0 unspecified atom stereocenters. The fraction of sp³-hybridized carbons (Fsp3) is 0.357. The van der Waals surface area contributed by atoms with Gasteiger partial charge < -0.3 is 10.5 Å². The Morgan fingerprint density at radius 3 is 2.62 bits per heavy atom. The maximum absolute atomic E-state index is 6.08. The molecule has 0 aliphatic carbocycles. The van der Waals surface area contributed by atoms with E-state index in [2.05, 4.69) is 36.1 Å². The molecule has 21 heavy (non-hydrogen) atoms. The van der Waals surface area contributed by atoms with Gasteiger partial charge >= 0.3 is 0 Å². The van der Waals surface area contributed by atoms with Crippen LogP contribution in [0, 0.1) is 0 Å². The maximum Gasteiger partial charge on any atom is 0.235 e. The Morgan fingerprint density at radius 2 is 2.00 bits per heavy atom. The van der Waals surface area contributed by atoms with Crippen LogP contribution in [0.1, 0.15) is 26.6 Å². The van der Waals surface area contributed by atoms with Gasteiger partial charge in [-0.05, 0) is 12.1 Å². The first-order valence-corrected chi connectivity index (χ1v) is 7.38. The van der Waals surface area contributed by atoms with E-state index in [0.717, 1.165) is 27.1 Å². The summed E-state index contributed by atoms with van der Waals surface area (Å²) in [5, 5.41) is 13.9. The van der Waals surface area contributed by atoms with Gasteiger partial charge in [0.05, 0.1) is 7.11 Å². The third-order valence-electron chi connectivity index (χ3n) is 3.15. The molecular formula is C14H17N5OS. The minimum Gasteiger partial charge on any atom is -0.497 e. The number of nitrogens with two attached hydrogens (primary N) is 1. The molecule has 1 aromatic carbocycles. The molecule has 3 aromatic rings. The van der Waals surface area contributed by atoms with Crippen LogP contribution in [0.15, 0.2) is 18.2 Å². The lowest BCUT2D eigenvalue weighted by Gasteiger charge is -2.13. The number of ether oxygens (including phenoxy) is 1. The average molecular weight is 303 g/mol. The van der Waals surface area contributed by atoms with E-state index < -0.39 is 0 Å². The van der Waals surface area contributed by atoms with Gasteiger partial charge in [-0.25, -0.2) is 0 Å². The minimum absolute atomic E-state index is 0.115. The van der Waals surface area contributed by atoms with E-state index in [1.54, 1.807) is 17.7 Å². The summed E-state index contributed by atoms with van der Waals surface area (Å²) in [6.07, 6.45) is 0. The molecule has 0 fully saturated rings. The number of methoxy groups -OCH3 is 1. The number of anilines is 1. The molecule has 0 spiro atoms.